The molecule has 2 aromatic rings. The summed E-state index contributed by atoms with van der Waals surface area (Å²) in [5.74, 6) is -0.339. The Morgan fingerprint density at radius 2 is 1.93 bits per heavy atom. The monoisotopic (exact) mass is 411 g/mol. The number of sulfonamides is 1. The van der Waals surface area contributed by atoms with Crippen LogP contribution in [0.1, 0.15) is 15.4 Å². The Labute approximate surface area is 161 Å². The lowest BCUT2D eigenvalue weighted by Gasteiger charge is -2.33. The summed E-state index contributed by atoms with van der Waals surface area (Å²) in [6, 6.07) is 6.96. The van der Waals surface area contributed by atoms with E-state index in [-0.39, 0.29) is 49.4 Å². The molecule has 2 aromatic heterocycles. The molecule has 1 aliphatic rings. The van der Waals surface area contributed by atoms with Crippen LogP contribution in [0.25, 0.3) is 0 Å². The Morgan fingerprint density at radius 3 is 2.56 bits per heavy atom. The first kappa shape index (κ1) is 19.6. The summed E-state index contributed by atoms with van der Waals surface area (Å²) < 4.78 is 31.3. The van der Waals surface area contributed by atoms with Crippen LogP contribution in [0.2, 0.25) is 0 Å². The van der Waals surface area contributed by atoms with Crippen LogP contribution in [0.3, 0.4) is 0 Å². The maximum atomic E-state index is 12.4. The molecular formula is C17H21N3O5S2. The van der Waals surface area contributed by atoms with Gasteiger partial charge in [0, 0.05) is 37.6 Å². The molecule has 0 spiro atoms. The zero-order valence-electron chi connectivity index (χ0n) is 14.7. The second-order valence-electron chi connectivity index (χ2n) is 6.09. The van der Waals surface area contributed by atoms with Crippen molar-refractivity contribution in [3.63, 3.8) is 0 Å². The van der Waals surface area contributed by atoms with Crippen LogP contribution in [0, 0.1) is 0 Å². The van der Waals surface area contributed by atoms with Gasteiger partial charge in [0.1, 0.15) is 0 Å². The molecule has 10 heteroatoms. The predicted molar refractivity (Wildman–Crippen MR) is 101 cm³/mol. The minimum Gasteiger partial charge on any atom is -0.459 e. The summed E-state index contributed by atoms with van der Waals surface area (Å²) in [7, 11) is -3.48. The van der Waals surface area contributed by atoms with Crippen LogP contribution in [0.4, 0.5) is 0 Å². The van der Waals surface area contributed by atoms with Crippen LogP contribution in [0.5, 0.6) is 0 Å². The fourth-order valence-corrected chi connectivity index (χ4v) is 4.85. The molecule has 3 heterocycles. The largest absolute Gasteiger partial charge is 0.459 e. The molecule has 0 saturated carbocycles. The lowest BCUT2D eigenvalue weighted by Crippen LogP contribution is -2.51. The van der Waals surface area contributed by atoms with Gasteiger partial charge in [-0.3, -0.25) is 9.59 Å². The van der Waals surface area contributed by atoms with E-state index in [9.17, 15) is 18.0 Å². The summed E-state index contributed by atoms with van der Waals surface area (Å²) in [5.41, 5.74) is 0. The van der Waals surface area contributed by atoms with E-state index in [2.05, 4.69) is 5.32 Å². The van der Waals surface area contributed by atoms with E-state index in [4.69, 9.17) is 4.42 Å². The van der Waals surface area contributed by atoms with Crippen molar-refractivity contribution in [2.45, 2.75) is 6.42 Å². The topological polar surface area (TPSA) is 99.9 Å². The van der Waals surface area contributed by atoms with Crippen LogP contribution >= 0.6 is 11.3 Å². The Morgan fingerprint density at radius 1 is 1.15 bits per heavy atom. The number of furan rings is 1. The van der Waals surface area contributed by atoms with Crippen molar-refractivity contribution in [3.8, 4) is 0 Å². The number of rotatable bonds is 7. The summed E-state index contributed by atoms with van der Waals surface area (Å²) in [4.78, 5) is 26.6. The highest BCUT2D eigenvalue weighted by atomic mass is 32.2. The lowest BCUT2D eigenvalue weighted by atomic mass is 10.3. The number of nitrogens with zero attached hydrogens (tertiary/aromatic N) is 2. The number of thiophene rings is 1. The zero-order chi connectivity index (χ0) is 19.3. The van der Waals surface area contributed by atoms with Gasteiger partial charge in [0.25, 0.3) is 5.91 Å². The zero-order valence-corrected chi connectivity index (χ0v) is 16.3. The number of amides is 2. The van der Waals surface area contributed by atoms with Gasteiger partial charge in [-0.15, -0.1) is 11.3 Å². The van der Waals surface area contributed by atoms with Gasteiger partial charge in [0.15, 0.2) is 5.76 Å². The number of carbonyl (C=O) groups excluding carboxylic acids is 2. The Balaban J connectivity index is 1.43. The molecule has 0 atom stereocenters. The van der Waals surface area contributed by atoms with Gasteiger partial charge in [-0.2, -0.15) is 4.31 Å². The number of piperazine rings is 1. The normalized spacial score (nSPS) is 15.6. The van der Waals surface area contributed by atoms with E-state index in [1.54, 1.807) is 17.0 Å². The molecule has 8 nitrogen and oxygen atoms in total. The Hall–Kier alpha value is -2.17. The third kappa shape index (κ3) is 5.18. The average Bonchev–Trinajstić information content (AvgIpc) is 3.35. The van der Waals surface area contributed by atoms with Gasteiger partial charge in [-0.25, -0.2) is 8.42 Å². The van der Waals surface area contributed by atoms with Gasteiger partial charge in [-0.05, 0) is 23.6 Å². The predicted octanol–water partition coefficient (Wildman–Crippen LogP) is 0.788. The SMILES string of the molecule is O=C(Cc1cccs1)NCCS(=O)(=O)N1CCN(C(=O)c2ccco2)CC1. The molecule has 1 N–H and O–H groups in total. The van der Waals surface area contributed by atoms with E-state index < -0.39 is 10.0 Å². The van der Waals surface area contributed by atoms with Crippen LogP contribution in [-0.4, -0.2) is 67.9 Å². The van der Waals surface area contributed by atoms with Crippen molar-refractivity contribution < 1.29 is 22.4 Å². The molecule has 0 radical (unpaired) electrons. The standard InChI is InChI=1S/C17H21N3O5S2/c21-16(13-14-3-2-11-26-14)18-5-12-27(23,24)20-8-6-19(7-9-20)17(22)15-4-1-10-25-15/h1-4,10-11H,5-9,12-13H2,(H,18,21). The minimum absolute atomic E-state index is 0.0675. The van der Waals surface area contributed by atoms with E-state index in [1.807, 2.05) is 17.5 Å². The van der Waals surface area contributed by atoms with Crippen molar-refractivity contribution >= 4 is 33.2 Å². The van der Waals surface area contributed by atoms with E-state index in [0.29, 0.717) is 13.1 Å². The van der Waals surface area contributed by atoms with E-state index in [0.717, 1.165) is 4.88 Å². The smallest absolute Gasteiger partial charge is 0.289 e. The fourth-order valence-electron chi connectivity index (χ4n) is 2.81. The number of carbonyl (C=O) groups is 2. The van der Waals surface area contributed by atoms with E-state index in [1.165, 1.54) is 21.9 Å². The summed E-state index contributed by atoms with van der Waals surface area (Å²) in [6.07, 6.45) is 1.69. The van der Waals surface area contributed by atoms with Crippen LogP contribution < -0.4 is 5.32 Å². The van der Waals surface area contributed by atoms with Crippen molar-refractivity contribution in [1.29, 1.82) is 0 Å². The molecule has 0 unspecified atom stereocenters. The first-order chi connectivity index (χ1) is 13.0. The molecule has 1 aliphatic heterocycles. The van der Waals surface area contributed by atoms with Crippen LogP contribution in [-0.2, 0) is 21.2 Å². The van der Waals surface area contributed by atoms with Gasteiger partial charge < -0.3 is 14.6 Å². The molecule has 1 saturated heterocycles. The van der Waals surface area contributed by atoms with Gasteiger partial charge in [-0.1, -0.05) is 6.07 Å². The van der Waals surface area contributed by atoms with E-state index >= 15 is 0 Å². The molecule has 146 valence electrons. The second-order valence-corrected chi connectivity index (χ2v) is 9.21. The van der Waals surface area contributed by atoms with Gasteiger partial charge in [0.05, 0.1) is 18.4 Å². The molecular weight excluding hydrogens is 390 g/mol. The highest BCUT2D eigenvalue weighted by Crippen LogP contribution is 2.12. The number of nitrogens with one attached hydrogen (secondary N) is 1. The number of hydrogen-bond acceptors (Lipinski definition) is 6. The lowest BCUT2D eigenvalue weighted by molar-refractivity contribution is -0.120. The minimum atomic E-state index is -3.48. The molecule has 0 aliphatic carbocycles. The molecule has 0 bridgehead atoms. The maximum Gasteiger partial charge on any atom is 0.289 e. The first-order valence-corrected chi connectivity index (χ1v) is 11.0. The number of hydrogen-bond donors (Lipinski definition) is 1. The molecule has 27 heavy (non-hydrogen) atoms. The quantitative estimate of drug-likeness (QED) is 0.726. The van der Waals surface area contributed by atoms with Gasteiger partial charge in [0.2, 0.25) is 15.9 Å². The third-order valence-corrected chi connectivity index (χ3v) is 7.00. The van der Waals surface area contributed by atoms with Crippen molar-refractivity contribution in [1.82, 2.24) is 14.5 Å². The average molecular weight is 412 g/mol. The summed E-state index contributed by atoms with van der Waals surface area (Å²) in [6.45, 7) is 1.15. The summed E-state index contributed by atoms with van der Waals surface area (Å²) >= 11 is 1.49. The molecule has 2 amide bonds. The molecule has 3 rings (SSSR count). The van der Waals surface area contributed by atoms with Crippen LogP contribution in [0.15, 0.2) is 40.3 Å². The van der Waals surface area contributed by atoms with Crippen molar-refractivity contribution in [2.75, 3.05) is 38.5 Å². The molecule has 1 fully saturated rings. The summed E-state index contributed by atoms with van der Waals surface area (Å²) in [5, 5.41) is 4.54. The van der Waals surface area contributed by atoms with Gasteiger partial charge >= 0.3 is 0 Å². The third-order valence-electron chi connectivity index (χ3n) is 4.25. The maximum absolute atomic E-state index is 12.4. The van der Waals surface area contributed by atoms with Crippen molar-refractivity contribution in [3.05, 3.63) is 46.5 Å². The fraction of sp³-hybridized carbons (Fsp3) is 0.412. The highest BCUT2D eigenvalue weighted by molar-refractivity contribution is 7.89. The second kappa shape index (κ2) is 8.68. The highest BCUT2D eigenvalue weighted by Gasteiger charge is 2.29. The Kier molecular flexibility index (Phi) is 6.30. The van der Waals surface area contributed by atoms with Crippen molar-refractivity contribution in [2.24, 2.45) is 0 Å². The molecule has 0 aromatic carbocycles. The Bertz CT molecular complexity index is 855. The first-order valence-electron chi connectivity index (χ1n) is 8.55.